The van der Waals surface area contributed by atoms with Crippen molar-refractivity contribution in [2.45, 2.75) is 26.4 Å². The summed E-state index contributed by atoms with van der Waals surface area (Å²) in [6.45, 7) is 8.71. The predicted octanol–water partition coefficient (Wildman–Crippen LogP) is 1.12. The van der Waals surface area contributed by atoms with Gasteiger partial charge in [0.25, 0.3) is 0 Å². The van der Waals surface area contributed by atoms with Gasteiger partial charge in [0.1, 0.15) is 5.60 Å². The lowest BCUT2D eigenvalue weighted by atomic mass is 10.2. The fourth-order valence-corrected chi connectivity index (χ4v) is 0.343. The standard InChI is InChI=1S/C7H12O2.CH4O/c1-5-6(8)9-7(2,3)4;1-2/h5H,1H2,2-4H3;2H,1H3. The second-order valence-electron chi connectivity index (χ2n) is 2.74. The molecule has 0 saturated carbocycles. The normalized spacial score (nSPS) is 9.18. The van der Waals surface area contributed by atoms with E-state index in [4.69, 9.17) is 9.84 Å². The zero-order valence-corrected chi connectivity index (χ0v) is 7.55. The monoisotopic (exact) mass is 160 g/mol. The number of hydrogen-bond donors (Lipinski definition) is 1. The van der Waals surface area contributed by atoms with Gasteiger partial charge >= 0.3 is 5.97 Å². The first-order valence-corrected chi connectivity index (χ1v) is 3.26. The van der Waals surface area contributed by atoms with Crippen molar-refractivity contribution < 1.29 is 14.6 Å². The van der Waals surface area contributed by atoms with Crippen LogP contribution in [0.25, 0.3) is 0 Å². The van der Waals surface area contributed by atoms with Crippen molar-refractivity contribution in [1.82, 2.24) is 0 Å². The van der Waals surface area contributed by atoms with Crippen LogP contribution in [0.2, 0.25) is 0 Å². The van der Waals surface area contributed by atoms with Crippen LogP contribution in [0, 0.1) is 0 Å². The molecule has 0 aliphatic heterocycles. The van der Waals surface area contributed by atoms with Crippen molar-refractivity contribution in [3.63, 3.8) is 0 Å². The van der Waals surface area contributed by atoms with Crippen LogP contribution < -0.4 is 0 Å². The average molecular weight is 160 g/mol. The highest BCUT2D eigenvalue weighted by molar-refractivity contribution is 5.81. The van der Waals surface area contributed by atoms with E-state index in [1.54, 1.807) is 0 Å². The van der Waals surface area contributed by atoms with E-state index in [2.05, 4.69) is 6.58 Å². The van der Waals surface area contributed by atoms with E-state index in [9.17, 15) is 4.79 Å². The first-order chi connectivity index (χ1) is 4.95. The van der Waals surface area contributed by atoms with Gasteiger partial charge in [0.15, 0.2) is 0 Å². The molecule has 11 heavy (non-hydrogen) atoms. The van der Waals surface area contributed by atoms with Gasteiger partial charge in [0.05, 0.1) is 0 Å². The van der Waals surface area contributed by atoms with E-state index in [0.717, 1.165) is 13.2 Å². The minimum atomic E-state index is -0.398. The fourth-order valence-electron chi connectivity index (χ4n) is 0.343. The van der Waals surface area contributed by atoms with Crippen LogP contribution in [0.15, 0.2) is 12.7 Å². The zero-order chi connectivity index (χ0) is 9.49. The third-order valence-electron chi connectivity index (χ3n) is 0.573. The van der Waals surface area contributed by atoms with E-state index < -0.39 is 5.60 Å². The van der Waals surface area contributed by atoms with E-state index in [1.165, 1.54) is 0 Å². The van der Waals surface area contributed by atoms with Crippen molar-refractivity contribution in [1.29, 1.82) is 0 Å². The molecular formula is C8H16O3. The molecule has 3 heteroatoms. The predicted molar refractivity (Wildman–Crippen MR) is 44.2 cm³/mol. The SMILES string of the molecule is C=CC(=O)OC(C)(C)C.CO. The van der Waals surface area contributed by atoms with Crippen LogP contribution in [-0.2, 0) is 9.53 Å². The van der Waals surface area contributed by atoms with Crippen molar-refractivity contribution in [2.24, 2.45) is 0 Å². The number of esters is 1. The van der Waals surface area contributed by atoms with Crippen LogP contribution in [0.3, 0.4) is 0 Å². The number of aliphatic hydroxyl groups is 1. The van der Waals surface area contributed by atoms with Gasteiger partial charge in [-0.1, -0.05) is 6.58 Å². The summed E-state index contributed by atoms with van der Waals surface area (Å²) in [4.78, 5) is 10.5. The molecule has 0 amide bonds. The largest absolute Gasteiger partial charge is 0.457 e. The van der Waals surface area contributed by atoms with E-state index >= 15 is 0 Å². The molecule has 3 nitrogen and oxygen atoms in total. The highest BCUT2D eigenvalue weighted by Crippen LogP contribution is 2.06. The number of aliphatic hydroxyl groups excluding tert-OH is 1. The third kappa shape index (κ3) is 12.4. The molecule has 0 rings (SSSR count). The summed E-state index contributed by atoms with van der Waals surface area (Å²) in [5, 5.41) is 7.00. The first kappa shape index (κ1) is 12.8. The van der Waals surface area contributed by atoms with Gasteiger partial charge in [0.2, 0.25) is 0 Å². The second kappa shape index (κ2) is 5.92. The number of rotatable bonds is 1. The smallest absolute Gasteiger partial charge is 0.330 e. The Hall–Kier alpha value is -0.830. The van der Waals surface area contributed by atoms with Crippen molar-refractivity contribution in [2.75, 3.05) is 7.11 Å². The molecule has 0 aromatic heterocycles. The number of carbonyl (C=O) groups excluding carboxylic acids is 1. The van der Waals surface area contributed by atoms with Crippen molar-refractivity contribution in [3.05, 3.63) is 12.7 Å². The molecule has 66 valence electrons. The molecule has 0 atom stereocenters. The molecule has 0 aliphatic carbocycles. The lowest BCUT2D eigenvalue weighted by molar-refractivity contribution is -0.148. The van der Waals surface area contributed by atoms with Gasteiger partial charge in [0, 0.05) is 13.2 Å². The molecule has 0 saturated heterocycles. The highest BCUT2D eigenvalue weighted by Gasteiger charge is 2.12. The van der Waals surface area contributed by atoms with E-state index in [1.807, 2.05) is 20.8 Å². The lowest BCUT2D eigenvalue weighted by Crippen LogP contribution is -2.22. The van der Waals surface area contributed by atoms with Gasteiger partial charge in [-0.25, -0.2) is 4.79 Å². The summed E-state index contributed by atoms with van der Waals surface area (Å²) in [5.41, 5.74) is -0.398. The average Bonchev–Trinajstić information content (AvgIpc) is 1.89. The maximum atomic E-state index is 10.5. The maximum Gasteiger partial charge on any atom is 0.330 e. The molecule has 0 spiro atoms. The van der Waals surface area contributed by atoms with Gasteiger partial charge in [-0.05, 0) is 20.8 Å². The molecule has 1 N–H and O–H groups in total. The molecule has 0 aromatic rings. The van der Waals surface area contributed by atoms with Crippen LogP contribution in [0.5, 0.6) is 0 Å². The number of ether oxygens (including phenoxy) is 1. The summed E-state index contributed by atoms with van der Waals surface area (Å²) in [6, 6.07) is 0. The molecule has 0 bridgehead atoms. The van der Waals surface area contributed by atoms with Crippen molar-refractivity contribution in [3.8, 4) is 0 Å². The fraction of sp³-hybridized carbons (Fsp3) is 0.625. The van der Waals surface area contributed by atoms with Crippen LogP contribution in [0.4, 0.5) is 0 Å². The summed E-state index contributed by atoms with van der Waals surface area (Å²) >= 11 is 0. The molecule has 0 fully saturated rings. The van der Waals surface area contributed by atoms with E-state index in [0.29, 0.717) is 0 Å². The lowest BCUT2D eigenvalue weighted by Gasteiger charge is -2.17. The Balaban J connectivity index is 0. The minimum absolute atomic E-state index is 0.373. The van der Waals surface area contributed by atoms with Gasteiger partial charge < -0.3 is 9.84 Å². The van der Waals surface area contributed by atoms with Gasteiger partial charge in [-0.3, -0.25) is 0 Å². The summed E-state index contributed by atoms with van der Waals surface area (Å²) in [5.74, 6) is -0.373. The Bertz CT molecular complexity index is 122. The minimum Gasteiger partial charge on any atom is -0.457 e. The third-order valence-corrected chi connectivity index (χ3v) is 0.573. The second-order valence-corrected chi connectivity index (χ2v) is 2.74. The van der Waals surface area contributed by atoms with E-state index in [-0.39, 0.29) is 5.97 Å². The van der Waals surface area contributed by atoms with Crippen LogP contribution in [-0.4, -0.2) is 23.8 Å². The Morgan fingerprint density at radius 2 is 1.82 bits per heavy atom. The summed E-state index contributed by atoms with van der Waals surface area (Å²) in [6.07, 6.45) is 1.16. The molecule has 0 aromatic carbocycles. The molecule has 0 unspecified atom stereocenters. The molecular weight excluding hydrogens is 144 g/mol. The number of hydrogen-bond acceptors (Lipinski definition) is 3. The Morgan fingerprint density at radius 3 is 1.91 bits per heavy atom. The Labute approximate surface area is 67.7 Å². The van der Waals surface area contributed by atoms with Gasteiger partial charge in [-0.15, -0.1) is 0 Å². The van der Waals surface area contributed by atoms with Gasteiger partial charge in [-0.2, -0.15) is 0 Å². The summed E-state index contributed by atoms with van der Waals surface area (Å²) in [7, 11) is 1.00. The number of carbonyl (C=O) groups is 1. The molecule has 0 heterocycles. The van der Waals surface area contributed by atoms with Crippen LogP contribution >= 0.6 is 0 Å². The molecule has 0 aliphatic rings. The zero-order valence-electron chi connectivity index (χ0n) is 7.55. The maximum absolute atomic E-state index is 10.5. The highest BCUT2D eigenvalue weighted by atomic mass is 16.6. The molecule has 0 radical (unpaired) electrons. The first-order valence-electron chi connectivity index (χ1n) is 3.26. The Kier molecular flexibility index (Phi) is 6.89. The topological polar surface area (TPSA) is 46.5 Å². The Morgan fingerprint density at radius 1 is 1.45 bits per heavy atom. The van der Waals surface area contributed by atoms with Crippen molar-refractivity contribution >= 4 is 5.97 Å². The van der Waals surface area contributed by atoms with Crippen LogP contribution in [0.1, 0.15) is 20.8 Å². The quantitative estimate of drug-likeness (QED) is 0.462. The summed E-state index contributed by atoms with van der Waals surface area (Å²) < 4.78 is 4.83.